The van der Waals surface area contributed by atoms with E-state index in [1.807, 2.05) is 0 Å². The second kappa shape index (κ2) is 2.46. The molecule has 2 nitrogen and oxygen atoms in total. The molecule has 50 valence electrons. The summed E-state index contributed by atoms with van der Waals surface area (Å²) in [6.07, 6.45) is 5.03. The predicted octanol–water partition coefficient (Wildman–Crippen LogP) is 0.328. The molecule has 0 saturated carbocycles. The van der Waals surface area contributed by atoms with Gasteiger partial charge in [0.2, 0.25) is 0 Å². The van der Waals surface area contributed by atoms with Gasteiger partial charge in [0.25, 0.3) is 0 Å². The Morgan fingerprint density at radius 1 is 2.00 bits per heavy atom. The maximum absolute atomic E-state index is 10.8. The molecule has 0 bridgehead atoms. The van der Waals surface area contributed by atoms with E-state index in [-0.39, 0.29) is 5.25 Å². The van der Waals surface area contributed by atoms with Crippen molar-refractivity contribution in [2.75, 3.05) is 6.61 Å². The first-order chi connectivity index (χ1) is 4.14. The second-order valence-corrected chi connectivity index (χ2v) is 7.10. The smallest absolute Gasteiger partial charge is 0.199 e. The third kappa shape index (κ3) is 1.83. The summed E-state index contributed by atoms with van der Waals surface area (Å²) in [6.45, 7) is 0.323. The Labute approximate surface area is 62.6 Å². The molecule has 1 saturated heterocycles. The highest BCUT2D eigenvalue weighted by atomic mass is 33.4. The summed E-state index contributed by atoms with van der Waals surface area (Å²) in [5, 5.41) is -0.116. The first-order valence-electron chi connectivity index (χ1n) is 2.18. The van der Waals surface area contributed by atoms with Crippen LogP contribution >= 0.6 is 10.8 Å². The largest absolute Gasteiger partial charge is 0.280 e. The fraction of sp³-hybridized carbons (Fsp3) is 0.500. The van der Waals surface area contributed by atoms with Crippen LogP contribution in [0.1, 0.15) is 0 Å². The van der Waals surface area contributed by atoms with Crippen molar-refractivity contribution in [2.24, 2.45) is 0 Å². The van der Waals surface area contributed by atoms with Crippen molar-refractivity contribution in [1.82, 2.24) is 0 Å². The van der Waals surface area contributed by atoms with Crippen molar-refractivity contribution in [3.8, 4) is 12.3 Å². The summed E-state index contributed by atoms with van der Waals surface area (Å²) in [6, 6.07) is 0. The average Bonchev–Trinajstić information content (AvgIpc) is 2.10. The summed E-state index contributed by atoms with van der Waals surface area (Å²) >= 11 is 4.52. The molecule has 0 N–H and O–H groups in total. The molecule has 1 fully saturated rings. The molecular formula is C4H4O2S3. The Morgan fingerprint density at radius 3 is 2.89 bits per heavy atom. The Bertz CT molecular complexity index is 235. The minimum Gasteiger partial charge on any atom is -0.280 e. The van der Waals surface area contributed by atoms with Gasteiger partial charge in [0, 0.05) is 11.2 Å². The van der Waals surface area contributed by atoms with Gasteiger partial charge in [0.1, 0.15) is 5.25 Å². The lowest BCUT2D eigenvalue weighted by Crippen LogP contribution is -1.96. The second-order valence-electron chi connectivity index (χ2n) is 1.44. The van der Waals surface area contributed by atoms with E-state index in [0.717, 1.165) is 10.8 Å². The number of hydrogen-bond acceptors (Lipinski definition) is 4. The summed E-state index contributed by atoms with van der Waals surface area (Å²) < 4.78 is 15.5. The first-order valence-corrected chi connectivity index (χ1v) is 5.98. The third-order valence-electron chi connectivity index (χ3n) is 0.784. The van der Waals surface area contributed by atoms with E-state index in [0.29, 0.717) is 6.61 Å². The van der Waals surface area contributed by atoms with E-state index >= 15 is 0 Å². The van der Waals surface area contributed by atoms with Crippen LogP contribution in [-0.2, 0) is 23.2 Å². The zero-order valence-corrected chi connectivity index (χ0v) is 6.85. The van der Waals surface area contributed by atoms with E-state index < -0.39 is 7.80 Å². The fourth-order valence-corrected chi connectivity index (χ4v) is 3.87. The third-order valence-corrected chi connectivity index (χ3v) is 4.64. The molecule has 1 rings (SSSR count). The van der Waals surface area contributed by atoms with Crippen molar-refractivity contribution in [2.45, 2.75) is 5.25 Å². The van der Waals surface area contributed by atoms with Crippen molar-refractivity contribution < 1.29 is 8.39 Å². The molecule has 1 aliphatic rings. The highest BCUT2D eigenvalue weighted by Crippen LogP contribution is 2.28. The Kier molecular flexibility index (Phi) is 2.01. The summed E-state index contributed by atoms with van der Waals surface area (Å²) in [4.78, 5) is 0. The van der Waals surface area contributed by atoms with E-state index in [1.165, 1.54) is 0 Å². The lowest BCUT2D eigenvalue weighted by molar-refractivity contribution is 0.379. The van der Waals surface area contributed by atoms with Crippen LogP contribution in [-0.4, -0.2) is 16.1 Å². The Balaban J connectivity index is 2.72. The van der Waals surface area contributed by atoms with E-state index in [2.05, 4.69) is 17.1 Å². The molecule has 0 amide bonds. The standard InChI is InChI=1S/C4H4O2S3/c1-2-4-3-6-9(5,7)8-4/h1,4H,3H2. The Morgan fingerprint density at radius 2 is 2.67 bits per heavy atom. The van der Waals surface area contributed by atoms with Crippen molar-refractivity contribution in [3.05, 3.63) is 0 Å². The topological polar surface area (TPSA) is 26.3 Å². The minimum atomic E-state index is -2.50. The van der Waals surface area contributed by atoms with Gasteiger partial charge in [-0.3, -0.25) is 4.18 Å². The summed E-state index contributed by atoms with van der Waals surface area (Å²) in [5.41, 5.74) is 0. The maximum atomic E-state index is 10.8. The molecule has 0 aromatic heterocycles. The number of hydrogen-bond donors (Lipinski definition) is 0. The van der Waals surface area contributed by atoms with Crippen LogP contribution in [0.3, 0.4) is 0 Å². The highest BCUT2D eigenvalue weighted by Gasteiger charge is 2.24. The first kappa shape index (κ1) is 7.35. The van der Waals surface area contributed by atoms with Gasteiger partial charge in [-0.25, -0.2) is 4.21 Å². The molecule has 0 aromatic rings. The molecule has 0 spiro atoms. The molecule has 2 atom stereocenters. The molecule has 0 aliphatic carbocycles. The number of terminal acetylenes is 1. The molecule has 9 heavy (non-hydrogen) atoms. The van der Waals surface area contributed by atoms with E-state index in [9.17, 15) is 4.21 Å². The van der Waals surface area contributed by atoms with Gasteiger partial charge < -0.3 is 0 Å². The Hall–Kier alpha value is 0.240. The lowest BCUT2D eigenvalue weighted by Gasteiger charge is -1.88. The van der Waals surface area contributed by atoms with Crippen LogP contribution in [0.25, 0.3) is 0 Å². The molecule has 1 heterocycles. The molecule has 1 aliphatic heterocycles. The van der Waals surface area contributed by atoms with Gasteiger partial charge in [0.05, 0.1) is 6.61 Å². The normalized spacial score (nSPS) is 42.3. The van der Waals surface area contributed by atoms with Gasteiger partial charge in [-0.15, -0.1) is 6.42 Å². The fourth-order valence-electron chi connectivity index (χ4n) is 0.419. The van der Waals surface area contributed by atoms with Crippen LogP contribution < -0.4 is 0 Å². The molecule has 5 heteroatoms. The predicted molar refractivity (Wildman–Crippen MR) is 41.7 cm³/mol. The molecular weight excluding hydrogens is 176 g/mol. The molecule has 0 aromatic carbocycles. The SMILES string of the molecule is C#CC1COS(=O)(=S)S1. The monoisotopic (exact) mass is 180 g/mol. The van der Waals surface area contributed by atoms with Gasteiger partial charge in [-0.2, -0.15) is 0 Å². The van der Waals surface area contributed by atoms with Gasteiger partial charge in [-0.05, 0) is 10.8 Å². The van der Waals surface area contributed by atoms with Crippen molar-refractivity contribution in [1.29, 1.82) is 0 Å². The van der Waals surface area contributed by atoms with E-state index in [4.69, 9.17) is 10.6 Å². The summed E-state index contributed by atoms with van der Waals surface area (Å²) in [5.74, 6) is 2.41. The van der Waals surface area contributed by atoms with Crippen LogP contribution in [0.4, 0.5) is 0 Å². The van der Waals surface area contributed by atoms with E-state index in [1.54, 1.807) is 0 Å². The van der Waals surface area contributed by atoms with Crippen molar-refractivity contribution >= 4 is 29.8 Å². The summed E-state index contributed by atoms with van der Waals surface area (Å²) in [7, 11) is -1.45. The van der Waals surface area contributed by atoms with Crippen molar-refractivity contribution in [3.63, 3.8) is 0 Å². The lowest BCUT2D eigenvalue weighted by atomic mass is 10.5. The average molecular weight is 180 g/mol. The van der Waals surface area contributed by atoms with Gasteiger partial charge in [0.15, 0.2) is 7.80 Å². The zero-order chi connectivity index (χ0) is 6.91. The van der Waals surface area contributed by atoms with Crippen LogP contribution in [0.15, 0.2) is 0 Å². The van der Waals surface area contributed by atoms with Gasteiger partial charge in [-0.1, -0.05) is 5.92 Å². The zero-order valence-electron chi connectivity index (χ0n) is 4.40. The quantitative estimate of drug-likeness (QED) is 0.396. The molecule has 0 radical (unpaired) electrons. The maximum Gasteiger partial charge on any atom is 0.199 e. The molecule has 2 unspecified atom stereocenters. The van der Waals surface area contributed by atoms with Crippen LogP contribution in [0.2, 0.25) is 0 Å². The number of rotatable bonds is 0. The minimum absolute atomic E-state index is 0.116. The van der Waals surface area contributed by atoms with Crippen LogP contribution in [0, 0.1) is 12.3 Å². The van der Waals surface area contributed by atoms with Crippen LogP contribution in [0.5, 0.6) is 0 Å². The van der Waals surface area contributed by atoms with Gasteiger partial charge >= 0.3 is 0 Å². The highest BCUT2D eigenvalue weighted by molar-refractivity contribution is 8.84.